The van der Waals surface area contributed by atoms with Crippen molar-refractivity contribution in [3.05, 3.63) is 0 Å². The average Bonchev–Trinajstić information content (AvgIpc) is 2.82. The Morgan fingerprint density at radius 1 is 1.06 bits per heavy atom. The molecule has 0 radical (unpaired) electrons. The molecule has 2 fully saturated rings. The maximum Gasteiger partial charge on any atom is 0.306 e. The van der Waals surface area contributed by atoms with Gasteiger partial charge in [-0.15, -0.1) is 0 Å². The minimum Gasteiger partial charge on any atom is -0.481 e. The largest absolute Gasteiger partial charge is 0.481 e. The summed E-state index contributed by atoms with van der Waals surface area (Å²) in [6.07, 6.45) is 8.69. The predicted octanol–water partition coefficient (Wildman–Crippen LogP) is 2.33. The van der Waals surface area contributed by atoms with Crippen LogP contribution in [0.2, 0.25) is 0 Å². The lowest BCUT2D eigenvalue weighted by Crippen LogP contribution is -2.40. The van der Waals surface area contributed by atoms with E-state index in [0.717, 1.165) is 19.3 Å². The Kier molecular flexibility index (Phi) is 4.61. The quantitative estimate of drug-likeness (QED) is 0.808. The lowest BCUT2D eigenvalue weighted by molar-refractivity contribution is -0.143. The molecule has 4 heteroatoms. The van der Waals surface area contributed by atoms with Crippen LogP contribution in [0.25, 0.3) is 0 Å². The Hall–Kier alpha value is -1.06. The molecular weight excluding hydrogens is 230 g/mol. The van der Waals surface area contributed by atoms with Gasteiger partial charge in [-0.2, -0.15) is 0 Å². The fourth-order valence-electron chi connectivity index (χ4n) is 3.31. The fraction of sp³-hybridized carbons (Fsp3) is 0.857. The van der Waals surface area contributed by atoms with Gasteiger partial charge in [0, 0.05) is 12.5 Å². The van der Waals surface area contributed by atoms with Crippen LogP contribution in [0.5, 0.6) is 0 Å². The summed E-state index contributed by atoms with van der Waals surface area (Å²) >= 11 is 0. The maximum absolute atomic E-state index is 11.9. The molecule has 2 rings (SSSR count). The molecule has 0 bridgehead atoms. The van der Waals surface area contributed by atoms with Crippen LogP contribution in [0.3, 0.4) is 0 Å². The van der Waals surface area contributed by atoms with Crippen molar-refractivity contribution in [1.29, 1.82) is 0 Å². The van der Waals surface area contributed by atoms with Crippen LogP contribution in [0.1, 0.15) is 57.8 Å². The number of rotatable bonds is 4. The molecule has 0 aliphatic heterocycles. The van der Waals surface area contributed by atoms with Gasteiger partial charge >= 0.3 is 5.97 Å². The molecule has 102 valence electrons. The highest BCUT2D eigenvalue weighted by Gasteiger charge is 2.28. The zero-order chi connectivity index (χ0) is 13.0. The third-order valence-electron chi connectivity index (χ3n) is 4.34. The smallest absolute Gasteiger partial charge is 0.306 e. The van der Waals surface area contributed by atoms with E-state index in [1.165, 1.54) is 25.7 Å². The first-order chi connectivity index (χ1) is 8.65. The number of carboxylic acids is 1. The van der Waals surface area contributed by atoms with Gasteiger partial charge in [-0.3, -0.25) is 9.59 Å². The topological polar surface area (TPSA) is 66.4 Å². The van der Waals surface area contributed by atoms with E-state index in [1.54, 1.807) is 0 Å². The van der Waals surface area contributed by atoms with Crippen molar-refractivity contribution in [2.24, 2.45) is 11.8 Å². The van der Waals surface area contributed by atoms with Crippen molar-refractivity contribution in [3.63, 3.8) is 0 Å². The molecule has 2 aliphatic rings. The van der Waals surface area contributed by atoms with E-state index in [9.17, 15) is 9.59 Å². The summed E-state index contributed by atoms with van der Waals surface area (Å²) in [6.45, 7) is 0. The third kappa shape index (κ3) is 3.72. The summed E-state index contributed by atoms with van der Waals surface area (Å²) in [6, 6.07) is 0.0775. The van der Waals surface area contributed by atoms with Crippen molar-refractivity contribution in [2.75, 3.05) is 0 Å². The highest BCUT2D eigenvalue weighted by atomic mass is 16.4. The molecule has 2 aliphatic carbocycles. The summed E-state index contributed by atoms with van der Waals surface area (Å²) in [7, 11) is 0. The van der Waals surface area contributed by atoms with Crippen molar-refractivity contribution in [1.82, 2.24) is 5.32 Å². The molecule has 2 saturated carbocycles. The van der Waals surface area contributed by atoms with E-state index in [2.05, 4.69) is 5.32 Å². The van der Waals surface area contributed by atoms with Gasteiger partial charge in [0.25, 0.3) is 0 Å². The standard InChI is InChI=1S/C14H23NO3/c16-13(8-10-4-1-2-5-10)15-12-7-3-6-11(9-12)14(17)18/h10-12H,1-9H2,(H,15,16)(H,17,18). The second-order valence-electron chi connectivity index (χ2n) is 5.82. The van der Waals surface area contributed by atoms with Gasteiger partial charge in [-0.1, -0.05) is 19.3 Å². The molecule has 0 aromatic rings. The van der Waals surface area contributed by atoms with Crippen LogP contribution < -0.4 is 5.32 Å². The molecule has 0 aromatic heterocycles. The van der Waals surface area contributed by atoms with Crippen LogP contribution in [-0.4, -0.2) is 23.0 Å². The monoisotopic (exact) mass is 253 g/mol. The summed E-state index contributed by atoms with van der Waals surface area (Å²) in [4.78, 5) is 22.8. The van der Waals surface area contributed by atoms with Crippen molar-refractivity contribution in [3.8, 4) is 0 Å². The number of carboxylic acid groups (broad SMARTS) is 1. The van der Waals surface area contributed by atoms with Crippen molar-refractivity contribution < 1.29 is 14.7 Å². The molecule has 2 unspecified atom stereocenters. The van der Waals surface area contributed by atoms with E-state index >= 15 is 0 Å². The van der Waals surface area contributed by atoms with Gasteiger partial charge in [0.1, 0.15) is 0 Å². The number of hydrogen-bond donors (Lipinski definition) is 2. The summed E-state index contributed by atoms with van der Waals surface area (Å²) < 4.78 is 0. The van der Waals surface area contributed by atoms with E-state index in [-0.39, 0.29) is 17.9 Å². The molecule has 18 heavy (non-hydrogen) atoms. The van der Waals surface area contributed by atoms with E-state index < -0.39 is 5.97 Å². The lowest BCUT2D eigenvalue weighted by Gasteiger charge is -2.27. The first-order valence-corrected chi connectivity index (χ1v) is 7.17. The minimum absolute atomic E-state index is 0.0775. The van der Waals surface area contributed by atoms with Gasteiger partial charge in [0.2, 0.25) is 5.91 Å². The molecule has 0 spiro atoms. The summed E-state index contributed by atoms with van der Waals surface area (Å²) in [5.41, 5.74) is 0. The van der Waals surface area contributed by atoms with Crippen molar-refractivity contribution in [2.45, 2.75) is 63.8 Å². The van der Waals surface area contributed by atoms with Crippen LogP contribution in [0, 0.1) is 11.8 Å². The Labute approximate surface area is 108 Å². The van der Waals surface area contributed by atoms with Gasteiger partial charge in [-0.05, 0) is 38.0 Å². The summed E-state index contributed by atoms with van der Waals surface area (Å²) in [5.74, 6) is -0.304. The number of carbonyl (C=O) groups excluding carboxylic acids is 1. The van der Waals surface area contributed by atoms with Crippen LogP contribution in [0.15, 0.2) is 0 Å². The molecule has 4 nitrogen and oxygen atoms in total. The Bertz CT molecular complexity index is 310. The minimum atomic E-state index is -0.718. The first-order valence-electron chi connectivity index (χ1n) is 7.17. The average molecular weight is 253 g/mol. The van der Waals surface area contributed by atoms with E-state index in [0.29, 0.717) is 18.8 Å². The molecule has 0 heterocycles. The van der Waals surface area contributed by atoms with Crippen LogP contribution >= 0.6 is 0 Å². The second-order valence-corrected chi connectivity index (χ2v) is 5.82. The number of carbonyl (C=O) groups is 2. The van der Waals surface area contributed by atoms with Crippen LogP contribution in [-0.2, 0) is 9.59 Å². The third-order valence-corrected chi connectivity index (χ3v) is 4.34. The Balaban J connectivity index is 1.74. The van der Waals surface area contributed by atoms with Gasteiger partial charge in [0.05, 0.1) is 5.92 Å². The van der Waals surface area contributed by atoms with Gasteiger partial charge < -0.3 is 10.4 Å². The predicted molar refractivity (Wildman–Crippen MR) is 68.1 cm³/mol. The van der Waals surface area contributed by atoms with Gasteiger partial charge in [0.15, 0.2) is 0 Å². The summed E-state index contributed by atoms with van der Waals surface area (Å²) in [5, 5.41) is 12.0. The molecule has 1 amide bonds. The zero-order valence-corrected chi connectivity index (χ0v) is 10.9. The molecular formula is C14H23NO3. The Morgan fingerprint density at radius 2 is 1.78 bits per heavy atom. The highest BCUT2D eigenvalue weighted by Crippen LogP contribution is 2.28. The number of hydrogen-bond acceptors (Lipinski definition) is 2. The molecule has 0 saturated heterocycles. The van der Waals surface area contributed by atoms with E-state index in [4.69, 9.17) is 5.11 Å². The SMILES string of the molecule is O=C(CC1CCCC1)NC1CCCC(C(=O)O)C1. The zero-order valence-electron chi connectivity index (χ0n) is 10.9. The van der Waals surface area contributed by atoms with Crippen LogP contribution in [0.4, 0.5) is 0 Å². The van der Waals surface area contributed by atoms with Gasteiger partial charge in [-0.25, -0.2) is 0 Å². The number of aliphatic carboxylic acids is 1. The lowest BCUT2D eigenvalue weighted by atomic mass is 9.85. The fourth-order valence-corrected chi connectivity index (χ4v) is 3.31. The normalized spacial score (nSPS) is 29.1. The number of amides is 1. The molecule has 0 aromatic carbocycles. The molecule has 2 N–H and O–H groups in total. The molecule has 2 atom stereocenters. The number of nitrogens with one attached hydrogen (secondary N) is 1. The highest BCUT2D eigenvalue weighted by molar-refractivity contribution is 5.76. The first kappa shape index (κ1) is 13.4. The van der Waals surface area contributed by atoms with E-state index in [1.807, 2.05) is 0 Å². The Morgan fingerprint density at radius 3 is 2.44 bits per heavy atom. The second kappa shape index (κ2) is 6.21. The van der Waals surface area contributed by atoms with Crippen molar-refractivity contribution >= 4 is 11.9 Å². The maximum atomic E-state index is 11.9.